The molecule has 1 saturated heterocycles. The molecule has 0 aromatic heterocycles. The van der Waals surface area contributed by atoms with Crippen LogP contribution in [0.4, 0.5) is 5.69 Å². The van der Waals surface area contributed by atoms with E-state index in [1.54, 1.807) is 24.3 Å². The highest BCUT2D eigenvalue weighted by Crippen LogP contribution is 2.30. The molecule has 0 radical (unpaired) electrons. The van der Waals surface area contributed by atoms with E-state index in [1.165, 1.54) is 16.4 Å². The first kappa shape index (κ1) is 21.2. The Balaban J connectivity index is 1.71. The Morgan fingerprint density at radius 2 is 1.82 bits per heavy atom. The largest absolute Gasteiger partial charge is 0.294 e. The van der Waals surface area contributed by atoms with Gasteiger partial charge in [0.1, 0.15) is 4.90 Å². The van der Waals surface area contributed by atoms with Crippen LogP contribution in [0.5, 0.6) is 0 Å². The molecule has 1 aliphatic heterocycles. The van der Waals surface area contributed by atoms with E-state index in [0.29, 0.717) is 30.7 Å². The number of nitrogens with zero attached hydrogens (tertiary/aromatic N) is 3. The summed E-state index contributed by atoms with van der Waals surface area (Å²) in [6.07, 6.45) is 0. The van der Waals surface area contributed by atoms with E-state index < -0.39 is 14.9 Å². The second kappa shape index (κ2) is 8.46. The van der Waals surface area contributed by atoms with Gasteiger partial charge < -0.3 is 0 Å². The Morgan fingerprint density at radius 1 is 1.14 bits per heavy atom. The summed E-state index contributed by atoms with van der Waals surface area (Å²) in [5.41, 5.74) is 0.886. The zero-order valence-corrected chi connectivity index (χ0v) is 18.2. The minimum absolute atomic E-state index is 0.0513. The number of non-ortho nitro benzene ring substituents is 1. The van der Waals surface area contributed by atoms with E-state index in [0.717, 1.165) is 5.56 Å². The normalized spacial score (nSPS) is 17.4. The number of rotatable bonds is 5. The third-order valence-electron chi connectivity index (χ3n) is 4.90. The summed E-state index contributed by atoms with van der Waals surface area (Å²) in [4.78, 5) is 12.8. The maximum Gasteiger partial charge on any atom is 0.269 e. The fourth-order valence-corrected chi connectivity index (χ4v) is 5.70. The molecule has 2 aromatic rings. The monoisotopic (exact) mass is 487 g/mol. The number of piperazine rings is 1. The third kappa shape index (κ3) is 4.38. The lowest BCUT2D eigenvalue weighted by Gasteiger charge is -2.37. The molecule has 0 N–H and O–H groups in total. The maximum atomic E-state index is 12.9. The van der Waals surface area contributed by atoms with Gasteiger partial charge in [0.2, 0.25) is 10.0 Å². The summed E-state index contributed by atoms with van der Waals surface area (Å²) in [6.45, 7) is 3.67. The minimum atomic E-state index is -3.68. The molecule has 3 rings (SSSR count). The van der Waals surface area contributed by atoms with Crippen LogP contribution in [0, 0.1) is 10.1 Å². The van der Waals surface area contributed by atoms with Gasteiger partial charge in [-0.3, -0.25) is 15.0 Å². The van der Waals surface area contributed by atoms with E-state index in [2.05, 4.69) is 20.8 Å². The molecule has 1 heterocycles. The average molecular weight is 489 g/mol. The summed E-state index contributed by atoms with van der Waals surface area (Å²) in [6, 6.07) is 11.2. The van der Waals surface area contributed by atoms with Gasteiger partial charge in [0, 0.05) is 48.8 Å². The van der Waals surface area contributed by atoms with E-state index in [4.69, 9.17) is 11.6 Å². The summed E-state index contributed by atoms with van der Waals surface area (Å²) in [5.74, 6) is 0. The van der Waals surface area contributed by atoms with Crippen molar-refractivity contribution in [3.63, 3.8) is 0 Å². The molecule has 0 bridgehead atoms. The van der Waals surface area contributed by atoms with Crippen molar-refractivity contribution < 1.29 is 13.3 Å². The van der Waals surface area contributed by atoms with Crippen molar-refractivity contribution in [3.05, 3.63) is 67.6 Å². The topological polar surface area (TPSA) is 83.8 Å². The first-order chi connectivity index (χ1) is 13.2. The number of hydrogen-bond donors (Lipinski definition) is 0. The van der Waals surface area contributed by atoms with Gasteiger partial charge in [-0.25, -0.2) is 8.42 Å². The summed E-state index contributed by atoms with van der Waals surface area (Å²) >= 11 is 9.41. The molecule has 1 aliphatic rings. The van der Waals surface area contributed by atoms with Gasteiger partial charge in [-0.2, -0.15) is 4.31 Å². The lowest BCUT2D eigenvalue weighted by Crippen LogP contribution is -2.49. The van der Waals surface area contributed by atoms with Gasteiger partial charge in [0.25, 0.3) is 5.69 Å². The van der Waals surface area contributed by atoms with Gasteiger partial charge in [-0.1, -0.05) is 39.7 Å². The molecule has 7 nitrogen and oxygen atoms in total. The molecular weight excluding hydrogens is 470 g/mol. The number of nitro groups is 1. The Morgan fingerprint density at radius 3 is 2.43 bits per heavy atom. The van der Waals surface area contributed by atoms with Crippen LogP contribution < -0.4 is 0 Å². The molecule has 1 atom stereocenters. The van der Waals surface area contributed by atoms with E-state index in [-0.39, 0.29) is 21.6 Å². The maximum absolute atomic E-state index is 12.9. The summed E-state index contributed by atoms with van der Waals surface area (Å²) < 4.78 is 28.0. The van der Waals surface area contributed by atoms with E-state index >= 15 is 0 Å². The van der Waals surface area contributed by atoms with Crippen LogP contribution >= 0.6 is 27.5 Å². The van der Waals surface area contributed by atoms with Gasteiger partial charge in [-0.15, -0.1) is 0 Å². The number of hydrogen-bond acceptors (Lipinski definition) is 5. The molecule has 2 aromatic carbocycles. The lowest BCUT2D eigenvalue weighted by molar-refractivity contribution is -0.385. The molecule has 150 valence electrons. The first-order valence-corrected chi connectivity index (χ1v) is 11.2. The van der Waals surface area contributed by atoms with Gasteiger partial charge >= 0.3 is 0 Å². The Kier molecular flexibility index (Phi) is 6.41. The van der Waals surface area contributed by atoms with Gasteiger partial charge in [-0.05, 0) is 30.7 Å². The number of sulfonamides is 1. The van der Waals surface area contributed by atoms with Gasteiger partial charge in [0.05, 0.1) is 9.95 Å². The molecule has 28 heavy (non-hydrogen) atoms. The fraction of sp³-hybridized carbons (Fsp3) is 0.333. The summed E-state index contributed by atoms with van der Waals surface area (Å²) in [5, 5.41) is 11.2. The Labute approximate surface area is 177 Å². The van der Waals surface area contributed by atoms with Crippen LogP contribution in [0.1, 0.15) is 18.5 Å². The Bertz CT molecular complexity index is 994. The molecular formula is C18H19BrClN3O4S. The van der Waals surface area contributed by atoms with Crippen molar-refractivity contribution in [2.24, 2.45) is 0 Å². The van der Waals surface area contributed by atoms with Gasteiger partial charge in [0.15, 0.2) is 0 Å². The molecule has 0 spiro atoms. The number of benzene rings is 2. The Hall–Kier alpha value is -1.52. The quantitative estimate of drug-likeness (QED) is 0.468. The highest BCUT2D eigenvalue weighted by Gasteiger charge is 2.31. The van der Waals surface area contributed by atoms with Crippen molar-refractivity contribution >= 4 is 43.2 Å². The SMILES string of the molecule is CC(c1cccc([N+](=O)[O-])c1)N1CCN(S(=O)(=O)c2ccc(Br)cc2Cl)CC1. The summed E-state index contributed by atoms with van der Waals surface area (Å²) in [7, 11) is -3.68. The van der Waals surface area contributed by atoms with Crippen LogP contribution in [0.15, 0.2) is 51.8 Å². The molecule has 1 unspecified atom stereocenters. The van der Waals surface area contributed by atoms with Crippen LogP contribution in [0.25, 0.3) is 0 Å². The molecule has 0 saturated carbocycles. The average Bonchev–Trinajstić information content (AvgIpc) is 2.67. The zero-order chi connectivity index (χ0) is 20.5. The second-order valence-electron chi connectivity index (χ2n) is 6.54. The fourth-order valence-electron chi connectivity index (χ4n) is 3.26. The van der Waals surface area contributed by atoms with Crippen molar-refractivity contribution in [1.29, 1.82) is 0 Å². The van der Waals surface area contributed by atoms with E-state index in [1.807, 2.05) is 13.0 Å². The van der Waals surface area contributed by atoms with Crippen LogP contribution in [-0.4, -0.2) is 48.7 Å². The van der Waals surface area contributed by atoms with Crippen LogP contribution in [0.3, 0.4) is 0 Å². The standard InChI is InChI=1S/C18H19BrClN3O4S/c1-13(14-3-2-4-16(11-14)23(24)25)21-7-9-22(10-8-21)28(26,27)18-6-5-15(19)12-17(18)20/h2-6,11-13H,7-10H2,1H3. The highest BCUT2D eigenvalue weighted by molar-refractivity contribution is 9.10. The minimum Gasteiger partial charge on any atom is -0.294 e. The lowest BCUT2D eigenvalue weighted by atomic mass is 10.1. The number of halogens is 2. The molecule has 0 amide bonds. The van der Waals surface area contributed by atoms with Crippen LogP contribution in [0.2, 0.25) is 5.02 Å². The third-order valence-corrected chi connectivity index (χ3v) is 7.77. The number of nitro benzene ring substituents is 1. The highest BCUT2D eigenvalue weighted by atomic mass is 79.9. The predicted octanol–water partition coefficient (Wildman–Crippen LogP) is 4.08. The van der Waals surface area contributed by atoms with Crippen molar-refractivity contribution in [2.75, 3.05) is 26.2 Å². The second-order valence-corrected chi connectivity index (χ2v) is 9.77. The molecule has 10 heteroatoms. The van der Waals surface area contributed by atoms with Crippen molar-refractivity contribution in [2.45, 2.75) is 17.9 Å². The van der Waals surface area contributed by atoms with Crippen LogP contribution in [-0.2, 0) is 10.0 Å². The molecule has 0 aliphatic carbocycles. The van der Waals surface area contributed by atoms with Crippen molar-refractivity contribution in [1.82, 2.24) is 9.21 Å². The van der Waals surface area contributed by atoms with E-state index in [9.17, 15) is 18.5 Å². The predicted molar refractivity (Wildman–Crippen MR) is 111 cm³/mol. The first-order valence-electron chi connectivity index (χ1n) is 8.64. The smallest absolute Gasteiger partial charge is 0.269 e. The van der Waals surface area contributed by atoms with Crippen molar-refractivity contribution in [3.8, 4) is 0 Å². The molecule has 1 fully saturated rings. The zero-order valence-electron chi connectivity index (χ0n) is 15.1.